The van der Waals surface area contributed by atoms with Crippen LogP contribution in [0.15, 0.2) is 65.9 Å². The van der Waals surface area contributed by atoms with Crippen LogP contribution in [0.4, 0.5) is 0 Å². The maximum absolute atomic E-state index is 12.1. The highest BCUT2D eigenvalue weighted by Crippen LogP contribution is 2.44. The Labute approximate surface area is 181 Å². The molecule has 2 aromatic rings. The van der Waals surface area contributed by atoms with Crippen LogP contribution in [-0.4, -0.2) is 37.9 Å². The summed E-state index contributed by atoms with van der Waals surface area (Å²) in [7, 11) is -3.36. The molecule has 0 spiro atoms. The lowest BCUT2D eigenvalue weighted by molar-refractivity contribution is -0.115. The van der Waals surface area contributed by atoms with Crippen LogP contribution >= 0.6 is 11.6 Å². The molecule has 6 nitrogen and oxygen atoms in total. The van der Waals surface area contributed by atoms with Crippen molar-refractivity contribution < 1.29 is 17.9 Å². The first-order valence-electron chi connectivity index (χ1n) is 9.39. The molecular formula is C22H23ClN2O4S. The molecule has 1 heterocycles. The van der Waals surface area contributed by atoms with Gasteiger partial charge in [0.2, 0.25) is 5.91 Å². The molecule has 2 N–H and O–H groups in total. The van der Waals surface area contributed by atoms with Gasteiger partial charge in [-0.1, -0.05) is 35.9 Å². The van der Waals surface area contributed by atoms with Gasteiger partial charge >= 0.3 is 0 Å². The summed E-state index contributed by atoms with van der Waals surface area (Å²) in [6.45, 7) is 2.12. The number of aromatic nitrogens is 1. The van der Waals surface area contributed by atoms with Gasteiger partial charge in [-0.05, 0) is 42.3 Å². The molecule has 0 fully saturated rings. The van der Waals surface area contributed by atoms with E-state index in [9.17, 15) is 13.2 Å². The van der Waals surface area contributed by atoms with Crippen molar-refractivity contribution in [2.45, 2.75) is 18.9 Å². The van der Waals surface area contributed by atoms with Gasteiger partial charge in [-0.25, -0.2) is 8.42 Å². The minimum Gasteiger partial charge on any atom is -0.366 e. The number of carbonyl (C=O) groups excluding carboxylic acids is 1. The molecule has 1 aromatic heterocycles. The van der Waals surface area contributed by atoms with Crippen molar-refractivity contribution in [3.63, 3.8) is 0 Å². The number of allylic oxidation sites excluding steroid dienone is 2. The fourth-order valence-electron chi connectivity index (χ4n) is 3.65. The molecule has 158 valence electrons. The Morgan fingerprint density at radius 3 is 2.63 bits per heavy atom. The van der Waals surface area contributed by atoms with Gasteiger partial charge in [-0.2, -0.15) is 0 Å². The van der Waals surface area contributed by atoms with Gasteiger partial charge in [0.25, 0.3) is 0 Å². The maximum Gasteiger partial charge on any atom is 0.244 e. The van der Waals surface area contributed by atoms with Crippen LogP contribution in [0, 0.1) is 0 Å². The largest absolute Gasteiger partial charge is 0.366 e. The number of hydrogen-bond acceptors (Lipinski definition) is 5. The second-order valence-electron chi connectivity index (χ2n) is 7.16. The van der Waals surface area contributed by atoms with Gasteiger partial charge in [0.15, 0.2) is 9.84 Å². The van der Waals surface area contributed by atoms with E-state index in [1.807, 2.05) is 25.1 Å². The third-order valence-electron chi connectivity index (χ3n) is 4.94. The van der Waals surface area contributed by atoms with Crippen LogP contribution in [0.3, 0.4) is 0 Å². The highest BCUT2D eigenvalue weighted by molar-refractivity contribution is 7.90. The summed E-state index contributed by atoms with van der Waals surface area (Å²) >= 11 is 6.44. The number of amides is 1. The van der Waals surface area contributed by atoms with Crippen molar-refractivity contribution >= 4 is 27.3 Å². The smallest absolute Gasteiger partial charge is 0.244 e. The zero-order valence-corrected chi connectivity index (χ0v) is 18.3. The first-order valence-corrected chi connectivity index (χ1v) is 11.8. The standard InChI is InChI=1S/C22H23ClN2O4S/c1-3-29-22(13-15(21(24)26)7-8-17(22)14-30(2,27)28)16-9-10-19(23)18(12-16)20-6-4-5-11-25-20/h4-12H,3,13-14H2,1-2H3,(H2,24,26). The summed E-state index contributed by atoms with van der Waals surface area (Å²) in [6, 6.07) is 10.8. The summed E-state index contributed by atoms with van der Waals surface area (Å²) < 4.78 is 30.5. The highest BCUT2D eigenvalue weighted by Gasteiger charge is 2.42. The summed E-state index contributed by atoms with van der Waals surface area (Å²) in [5.74, 6) is -0.787. The molecule has 0 saturated carbocycles. The lowest BCUT2D eigenvalue weighted by Gasteiger charge is -2.39. The number of ether oxygens (including phenoxy) is 1. The number of nitrogens with two attached hydrogens (primary N) is 1. The van der Waals surface area contributed by atoms with E-state index in [2.05, 4.69) is 4.98 Å². The Kier molecular flexibility index (Phi) is 6.45. The lowest BCUT2D eigenvalue weighted by Crippen LogP contribution is -2.39. The zero-order valence-electron chi connectivity index (χ0n) is 16.8. The van der Waals surface area contributed by atoms with E-state index in [-0.39, 0.29) is 12.2 Å². The molecule has 1 aliphatic carbocycles. The van der Waals surface area contributed by atoms with Crippen LogP contribution in [0.1, 0.15) is 18.9 Å². The number of primary amides is 1. The van der Waals surface area contributed by atoms with Gasteiger partial charge in [-0.3, -0.25) is 9.78 Å². The van der Waals surface area contributed by atoms with Crippen LogP contribution in [0.2, 0.25) is 5.02 Å². The Morgan fingerprint density at radius 1 is 1.27 bits per heavy atom. The normalized spacial score (nSPS) is 19.2. The monoisotopic (exact) mass is 446 g/mol. The number of pyridine rings is 1. The molecule has 1 amide bonds. The number of rotatable bonds is 7. The molecule has 1 atom stereocenters. The van der Waals surface area contributed by atoms with Gasteiger partial charge in [0.05, 0.1) is 11.4 Å². The van der Waals surface area contributed by atoms with Crippen molar-refractivity contribution in [3.05, 3.63) is 76.5 Å². The number of halogens is 1. The van der Waals surface area contributed by atoms with Crippen molar-refractivity contribution in [2.75, 3.05) is 18.6 Å². The van der Waals surface area contributed by atoms with Crippen LogP contribution in [-0.2, 0) is 25.0 Å². The maximum atomic E-state index is 12.1. The van der Waals surface area contributed by atoms with E-state index in [1.165, 1.54) is 6.26 Å². The molecule has 1 unspecified atom stereocenters. The molecule has 3 rings (SSSR count). The number of benzene rings is 1. The Balaban J connectivity index is 2.22. The van der Waals surface area contributed by atoms with E-state index in [1.54, 1.807) is 36.5 Å². The number of sulfone groups is 1. The number of nitrogens with zero attached hydrogens (tertiary/aromatic N) is 1. The second kappa shape index (κ2) is 8.71. The quantitative estimate of drug-likeness (QED) is 0.702. The first kappa shape index (κ1) is 22.2. The van der Waals surface area contributed by atoms with Crippen LogP contribution < -0.4 is 5.73 Å². The minimum absolute atomic E-state index is 0.126. The number of carbonyl (C=O) groups is 1. The molecule has 1 aromatic carbocycles. The number of hydrogen-bond donors (Lipinski definition) is 1. The average Bonchev–Trinajstić information content (AvgIpc) is 2.69. The zero-order chi connectivity index (χ0) is 21.9. The molecule has 30 heavy (non-hydrogen) atoms. The van der Waals surface area contributed by atoms with Crippen molar-refractivity contribution in [1.29, 1.82) is 0 Å². The highest BCUT2D eigenvalue weighted by atomic mass is 35.5. The van der Waals surface area contributed by atoms with E-state index in [4.69, 9.17) is 22.1 Å². The first-order chi connectivity index (χ1) is 14.2. The van der Waals surface area contributed by atoms with Crippen LogP contribution in [0.5, 0.6) is 0 Å². The SMILES string of the molecule is CCOC1(c2ccc(Cl)c(-c3ccccn3)c2)CC(C(N)=O)=CC=C1CS(C)(=O)=O. The van der Waals surface area contributed by atoms with Gasteiger partial charge in [0.1, 0.15) is 5.60 Å². The minimum atomic E-state index is -3.36. The van der Waals surface area contributed by atoms with E-state index in [0.717, 1.165) is 0 Å². The summed E-state index contributed by atoms with van der Waals surface area (Å²) in [4.78, 5) is 16.3. The summed E-state index contributed by atoms with van der Waals surface area (Å²) in [6.07, 6.45) is 6.14. The van der Waals surface area contributed by atoms with Crippen molar-refractivity contribution in [1.82, 2.24) is 4.98 Å². The third-order valence-corrected chi connectivity index (χ3v) is 6.11. The molecule has 0 saturated heterocycles. The van der Waals surface area contributed by atoms with Gasteiger partial charge in [0, 0.05) is 41.6 Å². The van der Waals surface area contributed by atoms with Gasteiger partial charge in [-0.15, -0.1) is 0 Å². The molecule has 0 radical (unpaired) electrons. The molecule has 0 aliphatic heterocycles. The summed E-state index contributed by atoms with van der Waals surface area (Å²) in [5.41, 5.74) is 7.30. The van der Waals surface area contributed by atoms with E-state index >= 15 is 0 Å². The molecule has 1 aliphatic rings. The second-order valence-corrected chi connectivity index (χ2v) is 9.71. The molecule has 0 bridgehead atoms. The van der Waals surface area contributed by atoms with Gasteiger partial charge < -0.3 is 10.5 Å². The average molecular weight is 447 g/mol. The van der Waals surface area contributed by atoms with E-state index < -0.39 is 21.3 Å². The predicted molar refractivity (Wildman–Crippen MR) is 118 cm³/mol. The fraction of sp³-hybridized carbons (Fsp3) is 0.273. The molecular weight excluding hydrogens is 424 g/mol. The van der Waals surface area contributed by atoms with Crippen LogP contribution in [0.25, 0.3) is 11.3 Å². The Hall–Kier alpha value is -2.48. The lowest BCUT2D eigenvalue weighted by atomic mass is 9.77. The van der Waals surface area contributed by atoms with Crippen molar-refractivity contribution in [3.8, 4) is 11.3 Å². The Bertz CT molecular complexity index is 1130. The third kappa shape index (κ3) is 4.64. The topological polar surface area (TPSA) is 99.3 Å². The predicted octanol–water partition coefficient (Wildman–Crippen LogP) is 3.42. The van der Waals surface area contributed by atoms with E-state index in [0.29, 0.717) is 39.6 Å². The Morgan fingerprint density at radius 2 is 2.03 bits per heavy atom. The van der Waals surface area contributed by atoms with Crippen molar-refractivity contribution in [2.24, 2.45) is 5.73 Å². The summed E-state index contributed by atoms with van der Waals surface area (Å²) in [5, 5.41) is 0.499. The fourth-order valence-corrected chi connectivity index (χ4v) is 4.76. The molecule has 8 heteroatoms.